The molecule has 0 saturated heterocycles. The average molecular weight is 412 g/mol. The van der Waals surface area contributed by atoms with Crippen LogP contribution in [-0.4, -0.2) is 43.2 Å². The maximum absolute atomic E-state index is 13.0. The maximum atomic E-state index is 13.0. The van der Waals surface area contributed by atoms with Gasteiger partial charge in [-0.15, -0.1) is 0 Å². The van der Waals surface area contributed by atoms with Crippen LogP contribution in [0.2, 0.25) is 0 Å². The summed E-state index contributed by atoms with van der Waals surface area (Å²) in [7, 11) is -0.237. The van der Waals surface area contributed by atoms with Crippen LogP contribution in [0.25, 0.3) is 0 Å². The molecule has 150 valence electrons. The van der Waals surface area contributed by atoms with Gasteiger partial charge in [-0.2, -0.15) is 61.5 Å². The second-order valence-electron chi connectivity index (χ2n) is 4.14. The molecule has 0 N–H and O–H groups in total. The summed E-state index contributed by atoms with van der Waals surface area (Å²) in [5.41, 5.74) is 0. The summed E-state index contributed by atoms with van der Waals surface area (Å²) in [4.78, 5) is 0. The lowest BCUT2D eigenvalue weighted by molar-refractivity contribution is -0.419. The van der Waals surface area contributed by atoms with Gasteiger partial charge in [0.25, 0.3) is 0 Å². The molecule has 0 saturated carbocycles. The maximum Gasteiger partial charge on any atom is 0.460 e. The summed E-state index contributed by atoms with van der Waals surface area (Å²) < 4.78 is 190. The van der Waals surface area contributed by atoms with Gasteiger partial charge in [0.05, 0.1) is 7.11 Å². The molecule has 0 aliphatic carbocycles. The molecule has 0 amide bonds. The van der Waals surface area contributed by atoms with E-state index in [0.717, 1.165) is 0 Å². The van der Waals surface area contributed by atoms with E-state index in [1.165, 1.54) is 0 Å². The molecule has 0 aromatic heterocycles. The Morgan fingerprint density at radius 2 is 0.960 bits per heavy atom. The Morgan fingerprint density at radius 1 is 0.600 bits per heavy atom. The molecule has 0 aromatic rings. The van der Waals surface area contributed by atoms with Gasteiger partial charge in [-0.1, -0.05) is 0 Å². The van der Waals surface area contributed by atoms with Gasteiger partial charge in [-0.25, -0.2) is 4.39 Å². The highest BCUT2D eigenvalue weighted by Gasteiger charge is 2.88. The fourth-order valence-corrected chi connectivity index (χ4v) is 1.18. The number of allylic oxidation sites excluding steroid dienone is 2. The number of alkyl halides is 14. The Balaban J connectivity index is 6.55. The van der Waals surface area contributed by atoms with Crippen molar-refractivity contribution in [1.82, 2.24) is 0 Å². The molecule has 16 heteroatoms. The number of ether oxygens (including phenoxy) is 1. The summed E-state index contributed by atoms with van der Waals surface area (Å²) in [5, 5.41) is 0. The molecular formula is C9H3F15O. The highest BCUT2D eigenvalue weighted by atomic mass is 19.4. The summed E-state index contributed by atoms with van der Waals surface area (Å²) in [6.45, 7) is 0. The van der Waals surface area contributed by atoms with Crippen LogP contribution in [0.15, 0.2) is 11.6 Å². The van der Waals surface area contributed by atoms with E-state index in [4.69, 9.17) is 0 Å². The first-order chi connectivity index (χ1) is 10.6. The van der Waals surface area contributed by atoms with Crippen LogP contribution in [0.1, 0.15) is 0 Å². The van der Waals surface area contributed by atoms with E-state index in [0.29, 0.717) is 0 Å². The molecular weight excluding hydrogens is 409 g/mol. The smallest absolute Gasteiger partial charge is 0.460 e. The summed E-state index contributed by atoms with van der Waals surface area (Å²) in [6.07, 6.45) is -13.9. The third-order valence-corrected chi connectivity index (χ3v) is 2.48. The van der Waals surface area contributed by atoms with Crippen molar-refractivity contribution >= 4 is 0 Å². The van der Waals surface area contributed by atoms with E-state index < -0.39 is 47.6 Å². The van der Waals surface area contributed by atoms with Crippen molar-refractivity contribution in [2.45, 2.75) is 36.0 Å². The van der Waals surface area contributed by atoms with Crippen molar-refractivity contribution in [3.8, 4) is 0 Å². The minimum Gasteiger partial charge on any atom is -0.490 e. The Kier molecular flexibility index (Phi) is 5.67. The highest BCUT2D eigenvalue weighted by molar-refractivity contribution is 5.22. The number of hydrogen-bond acceptors (Lipinski definition) is 1. The van der Waals surface area contributed by atoms with Gasteiger partial charge >= 0.3 is 36.0 Å². The van der Waals surface area contributed by atoms with Crippen molar-refractivity contribution in [1.29, 1.82) is 0 Å². The molecule has 0 radical (unpaired) electrons. The van der Waals surface area contributed by atoms with E-state index in [1.807, 2.05) is 0 Å². The van der Waals surface area contributed by atoms with Crippen molar-refractivity contribution in [3.63, 3.8) is 0 Å². The van der Waals surface area contributed by atoms with E-state index >= 15 is 0 Å². The molecule has 0 aromatic carbocycles. The zero-order valence-electron chi connectivity index (χ0n) is 11.1. The Hall–Kier alpha value is -1.51. The first kappa shape index (κ1) is 23.5. The molecule has 0 aliphatic heterocycles. The normalized spacial score (nSPS) is 16.6. The third kappa shape index (κ3) is 3.43. The molecule has 1 nitrogen and oxygen atoms in total. The van der Waals surface area contributed by atoms with Gasteiger partial charge in [0.15, 0.2) is 0 Å². The molecule has 0 unspecified atom stereocenters. The standard InChI is InChI=1S/C9H3F15O/c1-25-3(5(13,14)15)2(10)4(11,12)6(16,17)7(18,19)8(20,21)9(22,23)24/h1H3/b3-2-. The first-order valence-corrected chi connectivity index (χ1v) is 5.20. The van der Waals surface area contributed by atoms with E-state index in [-0.39, 0.29) is 7.11 Å². The fourth-order valence-electron chi connectivity index (χ4n) is 1.18. The minimum absolute atomic E-state index is 0.237. The van der Waals surface area contributed by atoms with Crippen LogP contribution in [0.3, 0.4) is 0 Å². The molecule has 0 bridgehead atoms. The van der Waals surface area contributed by atoms with Crippen LogP contribution in [-0.2, 0) is 4.74 Å². The molecule has 0 rings (SSSR count). The molecule has 0 aliphatic rings. The van der Waals surface area contributed by atoms with Crippen molar-refractivity contribution in [2.75, 3.05) is 7.11 Å². The lowest BCUT2D eigenvalue weighted by Crippen LogP contribution is -2.66. The summed E-state index contributed by atoms with van der Waals surface area (Å²) in [5.74, 6) is -39.4. The van der Waals surface area contributed by atoms with Crippen molar-refractivity contribution < 1.29 is 70.6 Å². The van der Waals surface area contributed by atoms with Crippen LogP contribution in [0.4, 0.5) is 65.9 Å². The van der Waals surface area contributed by atoms with Gasteiger partial charge < -0.3 is 4.74 Å². The average Bonchev–Trinajstić information content (AvgIpc) is 2.35. The number of halogens is 15. The lowest BCUT2D eigenvalue weighted by atomic mass is 9.96. The molecule has 0 atom stereocenters. The topological polar surface area (TPSA) is 9.23 Å². The van der Waals surface area contributed by atoms with Crippen molar-refractivity contribution in [3.05, 3.63) is 11.6 Å². The van der Waals surface area contributed by atoms with Crippen LogP contribution >= 0.6 is 0 Å². The molecule has 0 heterocycles. The number of methoxy groups -OCH3 is 1. The van der Waals surface area contributed by atoms with E-state index in [2.05, 4.69) is 4.74 Å². The van der Waals surface area contributed by atoms with Crippen LogP contribution < -0.4 is 0 Å². The first-order valence-electron chi connectivity index (χ1n) is 5.20. The Morgan fingerprint density at radius 3 is 1.20 bits per heavy atom. The van der Waals surface area contributed by atoms with Gasteiger partial charge in [-0.05, 0) is 0 Å². The second kappa shape index (κ2) is 6.03. The summed E-state index contributed by atoms with van der Waals surface area (Å²) >= 11 is 0. The minimum atomic E-state index is -8.04. The largest absolute Gasteiger partial charge is 0.490 e. The molecule has 0 spiro atoms. The van der Waals surface area contributed by atoms with Gasteiger partial charge in [0.1, 0.15) is 0 Å². The zero-order valence-corrected chi connectivity index (χ0v) is 11.1. The second-order valence-corrected chi connectivity index (χ2v) is 4.14. The quantitative estimate of drug-likeness (QED) is 0.430. The van der Waals surface area contributed by atoms with E-state index in [1.54, 1.807) is 0 Å². The number of rotatable bonds is 5. The van der Waals surface area contributed by atoms with Gasteiger partial charge in [0.2, 0.25) is 11.6 Å². The third-order valence-electron chi connectivity index (χ3n) is 2.48. The van der Waals surface area contributed by atoms with E-state index in [9.17, 15) is 65.9 Å². The lowest BCUT2D eigenvalue weighted by Gasteiger charge is -2.36. The van der Waals surface area contributed by atoms with Gasteiger partial charge in [0, 0.05) is 0 Å². The predicted molar refractivity (Wildman–Crippen MR) is 47.0 cm³/mol. The van der Waals surface area contributed by atoms with Crippen molar-refractivity contribution in [2.24, 2.45) is 0 Å². The Labute approximate surface area is 127 Å². The monoisotopic (exact) mass is 412 g/mol. The van der Waals surface area contributed by atoms with Crippen LogP contribution in [0.5, 0.6) is 0 Å². The predicted octanol–water partition coefficient (Wildman–Crippen LogP) is 5.48. The van der Waals surface area contributed by atoms with Gasteiger partial charge in [-0.3, -0.25) is 0 Å². The number of hydrogen-bond donors (Lipinski definition) is 0. The fraction of sp³-hybridized carbons (Fsp3) is 0.778. The zero-order chi connectivity index (χ0) is 20.9. The molecule has 0 fully saturated rings. The summed E-state index contributed by atoms with van der Waals surface area (Å²) in [6, 6.07) is 0. The van der Waals surface area contributed by atoms with Crippen LogP contribution in [0, 0.1) is 0 Å². The molecule has 25 heavy (non-hydrogen) atoms. The highest BCUT2D eigenvalue weighted by Crippen LogP contribution is 2.59. The SMILES string of the molecule is CO/C(=C(\F)C(F)(F)C(F)(F)C(F)(F)C(F)(F)C(F)(F)F)C(F)(F)F. The Bertz CT molecular complexity index is 522.